The monoisotopic (exact) mass is 292 g/mol. The number of carbonyl (C=O) groups excluding carboxylic acids is 2. The summed E-state index contributed by atoms with van der Waals surface area (Å²) in [4.78, 5) is 23.7. The first-order chi connectivity index (χ1) is 10.2. The van der Waals surface area contributed by atoms with Gasteiger partial charge in [0.15, 0.2) is 0 Å². The normalized spacial score (nSPS) is 21.0. The van der Waals surface area contributed by atoms with Crippen molar-refractivity contribution >= 4 is 11.8 Å². The highest BCUT2D eigenvalue weighted by atomic mass is 16.5. The molecule has 1 saturated carbocycles. The molecule has 21 heavy (non-hydrogen) atoms. The topological polar surface area (TPSA) is 43.4 Å². The summed E-state index contributed by atoms with van der Waals surface area (Å²) in [5.41, 5.74) is 0. The van der Waals surface area contributed by atoms with Gasteiger partial charge in [0, 0.05) is 31.6 Å². The third-order valence-electron chi connectivity index (χ3n) is 4.06. The number of Topliss-reactive ketones (excluding diaryl/α,β-unsaturated/α-hetero) is 1. The highest BCUT2D eigenvalue weighted by Crippen LogP contribution is 2.33. The van der Waals surface area contributed by atoms with E-state index in [1.54, 1.807) is 0 Å². The molecular formula is C18H28O3. The molecule has 0 bridgehead atoms. The van der Waals surface area contributed by atoms with Crippen LogP contribution in [0.25, 0.3) is 0 Å². The molecular weight excluding hydrogens is 264 g/mol. The number of ether oxygens (including phenoxy) is 1. The lowest BCUT2D eigenvalue weighted by Crippen LogP contribution is -2.19. The summed E-state index contributed by atoms with van der Waals surface area (Å²) in [7, 11) is 0. The average Bonchev–Trinajstić information content (AvgIpc) is 2.80. The largest absolute Gasteiger partial charge is 0.466 e. The van der Waals surface area contributed by atoms with Crippen molar-refractivity contribution in [2.24, 2.45) is 11.8 Å². The third-order valence-corrected chi connectivity index (χ3v) is 4.06. The van der Waals surface area contributed by atoms with Gasteiger partial charge in [0.05, 0.1) is 6.61 Å². The molecule has 0 spiro atoms. The van der Waals surface area contributed by atoms with Crippen molar-refractivity contribution in [2.75, 3.05) is 6.61 Å². The molecule has 0 aromatic carbocycles. The lowest BCUT2D eigenvalue weighted by atomic mass is 9.90. The molecule has 1 aliphatic rings. The molecule has 0 heterocycles. The molecule has 1 aliphatic carbocycles. The van der Waals surface area contributed by atoms with Crippen molar-refractivity contribution in [1.29, 1.82) is 0 Å². The molecule has 0 amide bonds. The number of esters is 1. The van der Waals surface area contributed by atoms with E-state index in [2.05, 4.69) is 18.8 Å². The van der Waals surface area contributed by atoms with Gasteiger partial charge in [-0.25, -0.2) is 0 Å². The Bertz CT molecular complexity index is 389. The van der Waals surface area contributed by atoms with Crippen LogP contribution in [0.5, 0.6) is 0 Å². The van der Waals surface area contributed by atoms with Crippen LogP contribution in [0.3, 0.4) is 0 Å². The number of ketones is 1. The molecule has 0 saturated heterocycles. The Labute approximate surface area is 128 Å². The van der Waals surface area contributed by atoms with Crippen LogP contribution >= 0.6 is 0 Å². The molecule has 1 fully saturated rings. The predicted molar refractivity (Wildman–Crippen MR) is 83.6 cm³/mol. The zero-order valence-electron chi connectivity index (χ0n) is 13.5. The van der Waals surface area contributed by atoms with Gasteiger partial charge < -0.3 is 4.74 Å². The van der Waals surface area contributed by atoms with Gasteiger partial charge in [-0.05, 0) is 18.8 Å². The van der Waals surface area contributed by atoms with E-state index in [4.69, 9.17) is 4.74 Å². The summed E-state index contributed by atoms with van der Waals surface area (Å²) in [5.74, 6) is 6.24. The first-order valence-electron chi connectivity index (χ1n) is 8.33. The summed E-state index contributed by atoms with van der Waals surface area (Å²) in [6, 6.07) is 0. The summed E-state index contributed by atoms with van der Waals surface area (Å²) in [5, 5.41) is 0. The first kappa shape index (κ1) is 17.8. The Balaban J connectivity index is 2.31. The number of unbranched alkanes of at least 4 members (excludes halogenated alkanes) is 3. The Hall–Kier alpha value is -1.30. The second kappa shape index (κ2) is 10.4. The second-order valence-electron chi connectivity index (χ2n) is 5.77. The van der Waals surface area contributed by atoms with Crippen molar-refractivity contribution in [2.45, 2.75) is 71.6 Å². The van der Waals surface area contributed by atoms with E-state index in [0.29, 0.717) is 25.9 Å². The van der Waals surface area contributed by atoms with E-state index in [9.17, 15) is 9.59 Å². The van der Waals surface area contributed by atoms with E-state index in [1.807, 2.05) is 6.92 Å². The van der Waals surface area contributed by atoms with Gasteiger partial charge in [-0.1, -0.05) is 33.1 Å². The van der Waals surface area contributed by atoms with Gasteiger partial charge in [-0.3, -0.25) is 9.59 Å². The van der Waals surface area contributed by atoms with Crippen LogP contribution in [0, 0.1) is 23.7 Å². The van der Waals surface area contributed by atoms with Gasteiger partial charge in [0.1, 0.15) is 5.78 Å². The van der Waals surface area contributed by atoms with Gasteiger partial charge in [0.25, 0.3) is 0 Å². The highest BCUT2D eigenvalue weighted by Gasteiger charge is 2.35. The highest BCUT2D eigenvalue weighted by molar-refractivity contribution is 5.84. The third kappa shape index (κ3) is 6.80. The van der Waals surface area contributed by atoms with Crippen LogP contribution in [0.2, 0.25) is 0 Å². The average molecular weight is 292 g/mol. The maximum absolute atomic E-state index is 11.9. The summed E-state index contributed by atoms with van der Waals surface area (Å²) in [6.07, 6.45) is 7.60. The Kier molecular flexibility index (Phi) is 8.82. The summed E-state index contributed by atoms with van der Waals surface area (Å²) in [6.45, 7) is 4.67. The minimum Gasteiger partial charge on any atom is -0.466 e. The molecule has 2 unspecified atom stereocenters. The quantitative estimate of drug-likeness (QED) is 0.387. The molecule has 0 N–H and O–H groups in total. The number of carbonyl (C=O) groups is 2. The fraction of sp³-hybridized carbons (Fsp3) is 0.778. The van der Waals surface area contributed by atoms with Crippen molar-refractivity contribution in [3.05, 3.63) is 0 Å². The van der Waals surface area contributed by atoms with Gasteiger partial charge in [-0.2, -0.15) is 0 Å². The molecule has 3 nitrogen and oxygen atoms in total. The van der Waals surface area contributed by atoms with E-state index < -0.39 is 0 Å². The lowest BCUT2D eigenvalue weighted by molar-refractivity contribution is -0.145. The van der Waals surface area contributed by atoms with Crippen LogP contribution < -0.4 is 0 Å². The Morgan fingerprint density at radius 3 is 2.76 bits per heavy atom. The van der Waals surface area contributed by atoms with E-state index in [-0.39, 0.29) is 23.6 Å². The molecule has 0 aliphatic heterocycles. The standard InChI is InChI=1S/C18H28O3/c1-3-5-7-9-13-21-18(20)14-15-11-12-17(19)16(15)10-8-6-4-2/h15-16H,3-5,7,9-14H2,1-2H3. The fourth-order valence-corrected chi connectivity index (χ4v) is 2.80. The van der Waals surface area contributed by atoms with Crippen LogP contribution in [0.1, 0.15) is 71.6 Å². The number of hydrogen-bond donors (Lipinski definition) is 0. The molecule has 118 valence electrons. The van der Waals surface area contributed by atoms with Gasteiger partial charge in [-0.15, -0.1) is 11.8 Å². The smallest absolute Gasteiger partial charge is 0.306 e. The van der Waals surface area contributed by atoms with Crippen molar-refractivity contribution < 1.29 is 14.3 Å². The minimum absolute atomic E-state index is 0.0586. The lowest BCUT2D eigenvalue weighted by Gasteiger charge is -2.15. The summed E-state index contributed by atoms with van der Waals surface area (Å²) >= 11 is 0. The molecule has 0 aromatic rings. The minimum atomic E-state index is -0.153. The van der Waals surface area contributed by atoms with Crippen molar-refractivity contribution in [3.8, 4) is 11.8 Å². The summed E-state index contributed by atoms with van der Waals surface area (Å²) < 4.78 is 5.27. The molecule has 3 heteroatoms. The zero-order valence-corrected chi connectivity index (χ0v) is 13.5. The number of hydrogen-bond acceptors (Lipinski definition) is 3. The van der Waals surface area contributed by atoms with Crippen LogP contribution in [0.15, 0.2) is 0 Å². The van der Waals surface area contributed by atoms with Crippen LogP contribution in [0.4, 0.5) is 0 Å². The maximum atomic E-state index is 11.9. The van der Waals surface area contributed by atoms with E-state index >= 15 is 0 Å². The van der Waals surface area contributed by atoms with E-state index in [0.717, 1.165) is 25.7 Å². The van der Waals surface area contributed by atoms with Crippen LogP contribution in [-0.4, -0.2) is 18.4 Å². The SMILES string of the molecule is CCC#CCC1C(=O)CCC1CC(=O)OCCCCCC. The molecule has 0 aromatic heterocycles. The second-order valence-corrected chi connectivity index (χ2v) is 5.77. The zero-order chi connectivity index (χ0) is 15.5. The van der Waals surface area contributed by atoms with Crippen LogP contribution in [-0.2, 0) is 14.3 Å². The molecule has 0 radical (unpaired) electrons. The molecule has 1 rings (SSSR count). The Morgan fingerprint density at radius 1 is 1.24 bits per heavy atom. The Morgan fingerprint density at radius 2 is 2.05 bits per heavy atom. The van der Waals surface area contributed by atoms with Gasteiger partial charge >= 0.3 is 5.97 Å². The maximum Gasteiger partial charge on any atom is 0.306 e. The van der Waals surface area contributed by atoms with E-state index in [1.165, 1.54) is 12.8 Å². The fourth-order valence-electron chi connectivity index (χ4n) is 2.80. The van der Waals surface area contributed by atoms with Crippen molar-refractivity contribution in [1.82, 2.24) is 0 Å². The predicted octanol–water partition coefficient (Wildman–Crippen LogP) is 3.90. The van der Waals surface area contributed by atoms with Crippen molar-refractivity contribution in [3.63, 3.8) is 0 Å². The molecule has 2 atom stereocenters. The first-order valence-corrected chi connectivity index (χ1v) is 8.33. The van der Waals surface area contributed by atoms with Gasteiger partial charge in [0.2, 0.25) is 0 Å². The number of rotatable bonds is 8.